The van der Waals surface area contributed by atoms with Crippen LogP contribution in [-0.2, 0) is 6.42 Å². The molecule has 1 aromatic carbocycles. The second-order valence-corrected chi connectivity index (χ2v) is 3.72. The lowest BCUT2D eigenvalue weighted by Gasteiger charge is -2.01. The second kappa shape index (κ2) is 4.31. The van der Waals surface area contributed by atoms with Gasteiger partial charge in [0.15, 0.2) is 6.29 Å². The minimum atomic E-state index is -0.255. The van der Waals surface area contributed by atoms with Crippen LogP contribution < -0.4 is 5.43 Å². The van der Waals surface area contributed by atoms with Crippen molar-refractivity contribution in [2.75, 3.05) is 0 Å². The van der Waals surface area contributed by atoms with E-state index in [1.165, 1.54) is 6.26 Å². The van der Waals surface area contributed by atoms with E-state index in [9.17, 15) is 9.59 Å². The van der Waals surface area contributed by atoms with Crippen molar-refractivity contribution in [1.82, 2.24) is 0 Å². The zero-order valence-electron chi connectivity index (χ0n) is 9.03. The van der Waals surface area contributed by atoms with Gasteiger partial charge >= 0.3 is 0 Å². The number of carbonyl (C=O) groups excluding carboxylic acids is 1. The number of aryl methyl sites for hydroxylation is 1. The molecule has 2 rings (SSSR count). The third kappa shape index (κ3) is 1.76. The molecule has 0 radical (unpaired) electrons. The molecule has 3 nitrogen and oxygen atoms in total. The van der Waals surface area contributed by atoms with E-state index < -0.39 is 0 Å². The van der Waals surface area contributed by atoms with Crippen LogP contribution in [-0.4, -0.2) is 6.29 Å². The molecule has 2 aromatic rings. The van der Waals surface area contributed by atoms with Crippen LogP contribution in [0.2, 0.25) is 0 Å². The number of hydrogen-bond acceptors (Lipinski definition) is 3. The first-order valence-corrected chi connectivity index (χ1v) is 5.26. The van der Waals surface area contributed by atoms with Gasteiger partial charge < -0.3 is 4.42 Å². The van der Waals surface area contributed by atoms with Gasteiger partial charge in [0.05, 0.1) is 10.9 Å². The minimum absolute atomic E-state index is 0.0705. The molecule has 1 aromatic heterocycles. The molecule has 3 heteroatoms. The van der Waals surface area contributed by atoms with Crippen molar-refractivity contribution in [2.24, 2.45) is 0 Å². The summed E-state index contributed by atoms with van der Waals surface area (Å²) in [6.45, 7) is 2.08. The molecule has 0 atom stereocenters. The second-order valence-electron chi connectivity index (χ2n) is 3.72. The number of aldehydes is 1. The largest absolute Gasteiger partial charge is 0.463 e. The van der Waals surface area contributed by atoms with Crippen LogP contribution in [0.15, 0.2) is 33.7 Å². The Morgan fingerprint density at radius 1 is 1.38 bits per heavy atom. The molecule has 0 saturated carbocycles. The molecule has 16 heavy (non-hydrogen) atoms. The van der Waals surface area contributed by atoms with Gasteiger partial charge in [0, 0.05) is 0 Å². The number of hydrogen-bond donors (Lipinski definition) is 0. The summed E-state index contributed by atoms with van der Waals surface area (Å²) >= 11 is 0. The molecule has 1 heterocycles. The van der Waals surface area contributed by atoms with Gasteiger partial charge in [-0.05, 0) is 24.1 Å². The summed E-state index contributed by atoms with van der Waals surface area (Å²) in [6, 6.07) is 5.52. The SMILES string of the molecule is CCCc1ccc2occ(C=O)c(=O)c2c1. The summed E-state index contributed by atoms with van der Waals surface area (Å²) in [5.41, 5.74) is 1.43. The monoisotopic (exact) mass is 216 g/mol. The lowest BCUT2D eigenvalue weighted by atomic mass is 10.1. The summed E-state index contributed by atoms with van der Waals surface area (Å²) in [7, 11) is 0. The lowest BCUT2D eigenvalue weighted by Crippen LogP contribution is -2.07. The highest BCUT2D eigenvalue weighted by atomic mass is 16.3. The van der Waals surface area contributed by atoms with Gasteiger partial charge in [-0.1, -0.05) is 19.4 Å². The van der Waals surface area contributed by atoms with Crippen molar-refractivity contribution in [2.45, 2.75) is 19.8 Å². The van der Waals surface area contributed by atoms with Crippen molar-refractivity contribution < 1.29 is 9.21 Å². The number of rotatable bonds is 3. The summed E-state index contributed by atoms with van der Waals surface area (Å²) < 4.78 is 5.22. The number of carbonyl (C=O) groups is 1. The third-order valence-electron chi connectivity index (χ3n) is 2.53. The first-order valence-electron chi connectivity index (χ1n) is 5.26. The first-order chi connectivity index (χ1) is 7.76. The minimum Gasteiger partial charge on any atom is -0.463 e. The topological polar surface area (TPSA) is 47.3 Å². The van der Waals surface area contributed by atoms with E-state index in [4.69, 9.17) is 4.42 Å². The molecule has 0 spiro atoms. The van der Waals surface area contributed by atoms with Crippen LogP contribution in [0, 0.1) is 0 Å². The molecule has 0 bridgehead atoms. The van der Waals surface area contributed by atoms with Crippen molar-refractivity contribution in [1.29, 1.82) is 0 Å². The Balaban J connectivity index is 2.69. The van der Waals surface area contributed by atoms with Gasteiger partial charge in [0.2, 0.25) is 5.43 Å². The van der Waals surface area contributed by atoms with Crippen LogP contribution in [0.1, 0.15) is 29.3 Å². The van der Waals surface area contributed by atoms with Crippen molar-refractivity contribution >= 4 is 17.3 Å². The molecule has 0 aliphatic carbocycles. The molecule has 82 valence electrons. The van der Waals surface area contributed by atoms with Gasteiger partial charge in [0.25, 0.3) is 0 Å². The maximum atomic E-state index is 11.8. The normalized spacial score (nSPS) is 10.6. The fraction of sp³-hybridized carbons (Fsp3) is 0.231. The third-order valence-corrected chi connectivity index (χ3v) is 2.53. The van der Waals surface area contributed by atoms with Crippen LogP contribution in [0.5, 0.6) is 0 Å². The zero-order chi connectivity index (χ0) is 11.5. The predicted octanol–water partition coefficient (Wildman–Crippen LogP) is 2.56. The standard InChI is InChI=1S/C13H12O3/c1-2-3-9-4-5-12-11(6-9)13(15)10(7-14)8-16-12/h4-8H,2-3H2,1H3. The number of fused-ring (bicyclic) bond motifs is 1. The average molecular weight is 216 g/mol. The Hall–Kier alpha value is -1.90. The van der Waals surface area contributed by atoms with Crippen molar-refractivity contribution in [3.8, 4) is 0 Å². The molecular weight excluding hydrogens is 204 g/mol. The van der Waals surface area contributed by atoms with Crippen molar-refractivity contribution in [3.05, 3.63) is 45.8 Å². The lowest BCUT2D eigenvalue weighted by molar-refractivity contribution is 0.112. The summed E-state index contributed by atoms with van der Waals surface area (Å²) in [5, 5.41) is 0.482. The van der Waals surface area contributed by atoms with E-state index in [-0.39, 0.29) is 11.0 Å². The molecule has 0 amide bonds. The molecule has 0 N–H and O–H groups in total. The fourth-order valence-corrected chi connectivity index (χ4v) is 1.72. The molecule has 0 saturated heterocycles. The first kappa shape index (κ1) is 10.6. The van der Waals surface area contributed by atoms with Crippen LogP contribution in [0.3, 0.4) is 0 Å². The summed E-state index contributed by atoms with van der Waals surface area (Å²) in [4.78, 5) is 22.4. The number of benzene rings is 1. The maximum Gasteiger partial charge on any atom is 0.203 e. The maximum absolute atomic E-state index is 11.8. The molecule has 0 aliphatic rings. The quantitative estimate of drug-likeness (QED) is 0.741. The Bertz CT molecular complexity index is 581. The van der Waals surface area contributed by atoms with E-state index >= 15 is 0 Å². The van der Waals surface area contributed by atoms with Crippen LogP contribution >= 0.6 is 0 Å². The van der Waals surface area contributed by atoms with E-state index in [0.29, 0.717) is 17.3 Å². The molecule has 0 aliphatic heterocycles. The van der Waals surface area contributed by atoms with E-state index in [2.05, 4.69) is 6.92 Å². The van der Waals surface area contributed by atoms with Crippen LogP contribution in [0.4, 0.5) is 0 Å². The van der Waals surface area contributed by atoms with Crippen molar-refractivity contribution in [3.63, 3.8) is 0 Å². The van der Waals surface area contributed by atoms with Gasteiger partial charge in [-0.3, -0.25) is 9.59 Å². The van der Waals surface area contributed by atoms with Gasteiger partial charge in [-0.2, -0.15) is 0 Å². The summed E-state index contributed by atoms with van der Waals surface area (Å²) in [5.74, 6) is 0. The molecule has 0 fully saturated rings. The zero-order valence-corrected chi connectivity index (χ0v) is 9.03. The Kier molecular flexibility index (Phi) is 2.86. The highest BCUT2D eigenvalue weighted by molar-refractivity contribution is 5.84. The van der Waals surface area contributed by atoms with E-state index in [1.807, 2.05) is 6.07 Å². The Labute approximate surface area is 92.7 Å². The fourth-order valence-electron chi connectivity index (χ4n) is 1.72. The predicted molar refractivity (Wildman–Crippen MR) is 61.9 cm³/mol. The van der Waals surface area contributed by atoms with Gasteiger partial charge in [0.1, 0.15) is 11.8 Å². The smallest absolute Gasteiger partial charge is 0.203 e. The van der Waals surface area contributed by atoms with Gasteiger partial charge in [-0.15, -0.1) is 0 Å². The average Bonchev–Trinajstić information content (AvgIpc) is 2.31. The Morgan fingerprint density at radius 3 is 2.88 bits per heavy atom. The van der Waals surface area contributed by atoms with Gasteiger partial charge in [-0.25, -0.2) is 0 Å². The highest BCUT2D eigenvalue weighted by Gasteiger charge is 2.06. The van der Waals surface area contributed by atoms with E-state index in [0.717, 1.165) is 18.4 Å². The summed E-state index contributed by atoms with van der Waals surface area (Å²) in [6.07, 6.45) is 3.67. The van der Waals surface area contributed by atoms with Crippen LogP contribution in [0.25, 0.3) is 11.0 Å². The Morgan fingerprint density at radius 2 is 2.19 bits per heavy atom. The molecule has 0 unspecified atom stereocenters. The molecular formula is C13H12O3. The highest BCUT2D eigenvalue weighted by Crippen LogP contribution is 2.14. The van der Waals surface area contributed by atoms with E-state index in [1.54, 1.807) is 12.1 Å².